The molecule has 0 saturated carbocycles. The van der Waals surface area contributed by atoms with Crippen molar-refractivity contribution in [3.63, 3.8) is 0 Å². The molecule has 0 radical (unpaired) electrons. The third kappa shape index (κ3) is 4.19. The zero-order chi connectivity index (χ0) is 18.5. The lowest BCUT2D eigenvalue weighted by molar-refractivity contribution is -0.147. The van der Waals surface area contributed by atoms with Crippen LogP contribution in [0, 0.1) is 5.92 Å². The average Bonchev–Trinajstić information content (AvgIpc) is 3.16. The van der Waals surface area contributed by atoms with E-state index in [2.05, 4.69) is 9.88 Å². The standard InChI is InChI=1S/C22H22N2O3/c25-21(26-16-6-9-17-7-2-1-3-8-17)18-12-14-24(15-13-18)22-23-19-10-4-5-11-20(19)27-22/h1-11,18H,12-16H2/b9-6+. The molecule has 3 aromatic rings. The van der Waals surface area contributed by atoms with Crippen LogP contribution in [0.2, 0.25) is 0 Å². The maximum absolute atomic E-state index is 12.3. The van der Waals surface area contributed by atoms with E-state index in [-0.39, 0.29) is 11.9 Å². The minimum Gasteiger partial charge on any atom is -0.461 e. The summed E-state index contributed by atoms with van der Waals surface area (Å²) in [4.78, 5) is 18.9. The van der Waals surface area contributed by atoms with Gasteiger partial charge in [-0.05, 0) is 36.6 Å². The summed E-state index contributed by atoms with van der Waals surface area (Å²) in [5.41, 5.74) is 2.75. The number of ether oxygens (including phenoxy) is 1. The maximum atomic E-state index is 12.3. The topological polar surface area (TPSA) is 55.6 Å². The van der Waals surface area contributed by atoms with E-state index in [0.717, 1.165) is 42.6 Å². The van der Waals surface area contributed by atoms with Crippen LogP contribution in [-0.4, -0.2) is 30.6 Å². The summed E-state index contributed by atoms with van der Waals surface area (Å²) in [6, 6.07) is 18.3. The van der Waals surface area contributed by atoms with E-state index in [1.54, 1.807) is 0 Å². The highest BCUT2D eigenvalue weighted by atomic mass is 16.5. The van der Waals surface area contributed by atoms with Crippen molar-refractivity contribution in [2.24, 2.45) is 5.92 Å². The fourth-order valence-electron chi connectivity index (χ4n) is 3.30. The van der Waals surface area contributed by atoms with Crippen molar-refractivity contribution in [3.05, 3.63) is 66.2 Å². The van der Waals surface area contributed by atoms with E-state index in [4.69, 9.17) is 9.15 Å². The van der Waals surface area contributed by atoms with Gasteiger partial charge in [-0.15, -0.1) is 0 Å². The zero-order valence-corrected chi connectivity index (χ0v) is 15.1. The van der Waals surface area contributed by atoms with Crippen LogP contribution in [0.15, 0.2) is 65.1 Å². The summed E-state index contributed by atoms with van der Waals surface area (Å²) >= 11 is 0. The average molecular weight is 362 g/mol. The first-order valence-electron chi connectivity index (χ1n) is 9.28. The molecule has 5 nitrogen and oxygen atoms in total. The molecule has 2 aromatic carbocycles. The predicted molar refractivity (Wildman–Crippen MR) is 105 cm³/mol. The van der Waals surface area contributed by atoms with Gasteiger partial charge in [-0.1, -0.05) is 48.5 Å². The number of anilines is 1. The Hall–Kier alpha value is -3.08. The van der Waals surface area contributed by atoms with Crippen molar-refractivity contribution in [1.82, 2.24) is 4.98 Å². The van der Waals surface area contributed by atoms with E-state index in [1.165, 1.54) is 0 Å². The summed E-state index contributed by atoms with van der Waals surface area (Å²) in [5, 5.41) is 0. The lowest BCUT2D eigenvalue weighted by Crippen LogP contribution is -2.37. The van der Waals surface area contributed by atoms with Crippen LogP contribution in [0.5, 0.6) is 0 Å². The Morgan fingerprint density at radius 2 is 1.85 bits per heavy atom. The lowest BCUT2D eigenvalue weighted by Gasteiger charge is -2.29. The minimum atomic E-state index is -0.120. The maximum Gasteiger partial charge on any atom is 0.309 e. The molecule has 1 aromatic heterocycles. The highest BCUT2D eigenvalue weighted by molar-refractivity contribution is 5.75. The van der Waals surface area contributed by atoms with E-state index in [1.807, 2.05) is 66.7 Å². The first kappa shape index (κ1) is 17.3. The fourth-order valence-corrected chi connectivity index (χ4v) is 3.30. The number of carbonyl (C=O) groups is 1. The lowest BCUT2D eigenvalue weighted by atomic mass is 9.97. The molecule has 0 N–H and O–H groups in total. The number of fused-ring (bicyclic) bond motifs is 1. The van der Waals surface area contributed by atoms with Gasteiger partial charge in [0.25, 0.3) is 6.01 Å². The number of nitrogens with zero attached hydrogens (tertiary/aromatic N) is 2. The third-order valence-electron chi connectivity index (χ3n) is 4.81. The number of piperidine rings is 1. The van der Waals surface area contributed by atoms with Gasteiger partial charge in [-0.2, -0.15) is 4.98 Å². The zero-order valence-electron chi connectivity index (χ0n) is 15.1. The largest absolute Gasteiger partial charge is 0.461 e. The van der Waals surface area contributed by atoms with Crippen LogP contribution in [0.1, 0.15) is 18.4 Å². The molecule has 1 aliphatic rings. The molecule has 138 valence electrons. The van der Waals surface area contributed by atoms with Crippen molar-refractivity contribution >= 4 is 29.2 Å². The first-order valence-corrected chi connectivity index (χ1v) is 9.28. The van der Waals surface area contributed by atoms with E-state index >= 15 is 0 Å². The number of carbonyl (C=O) groups excluding carboxylic acids is 1. The summed E-state index contributed by atoms with van der Waals surface area (Å²) in [6.07, 6.45) is 5.34. The van der Waals surface area contributed by atoms with Gasteiger partial charge in [-0.3, -0.25) is 4.79 Å². The predicted octanol–water partition coefficient (Wildman–Crippen LogP) is 4.30. The van der Waals surface area contributed by atoms with Gasteiger partial charge in [0.2, 0.25) is 0 Å². The van der Waals surface area contributed by atoms with Gasteiger partial charge < -0.3 is 14.1 Å². The smallest absolute Gasteiger partial charge is 0.309 e. The van der Waals surface area contributed by atoms with Crippen LogP contribution in [-0.2, 0) is 9.53 Å². The number of oxazole rings is 1. The van der Waals surface area contributed by atoms with Gasteiger partial charge in [-0.25, -0.2) is 0 Å². The molecule has 4 rings (SSSR count). The Morgan fingerprint density at radius 3 is 2.63 bits per heavy atom. The van der Waals surface area contributed by atoms with Gasteiger partial charge in [0, 0.05) is 13.1 Å². The van der Waals surface area contributed by atoms with Gasteiger partial charge >= 0.3 is 5.97 Å². The van der Waals surface area contributed by atoms with Crippen LogP contribution in [0.25, 0.3) is 17.2 Å². The molecule has 0 aliphatic carbocycles. The molecule has 5 heteroatoms. The van der Waals surface area contributed by atoms with Crippen LogP contribution in [0.4, 0.5) is 6.01 Å². The Kier molecular flexibility index (Phi) is 5.19. The highest BCUT2D eigenvalue weighted by Gasteiger charge is 2.28. The summed E-state index contributed by atoms with van der Waals surface area (Å²) in [6.45, 7) is 1.79. The van der Waals surface area contributed by atoms with Gasteiger partial charge in [0.15, 0.2) is 5.58 Å². The Morgan fingerprint density at radius 1 is 1.11 bits per heavy atom. The van der Waals surface area contributed by atoms with Crippen molar-refractivity contribution < 1.29 is 13.9 Å². The minimum absolute atomic E-state index is 0.0595. The molecule has 0 unspecified atom stereocenters. The molecule has 0 atom stereocenters. The monoisotopic (exact) mass is 362 g/mol. The van der Waals surface area contributed by atoms with Crippen LogP contribution < -0.4 is 4.90 Å². The normalized spacial score (nSPS) is 15.5. The van der Waals surface area contributed by atoms with E-state index in [9.17, 15) is 4.79 Å². The van der Waals surface area contributed by atoms with E-state index in [0.29, 0.717) is 12.6 Å². The number of hydrogen-bond donors (Lipinski definition) is 0. The summed E-state index contributed by atoms with van der Waals surface area (Å²) in [5.74, 6) is -0.180. The molecule has 27 heavy (non-hydrogen) atoms. The second-order valence-electron chi connectivity index (χ2n) is 6.67. The number of aromatic nitrogens is 1. The molecule has 0 bridgehead atoms. The number of benzene rings is 2. The second kappa shape index (κ2) is 8.08. The molecular formula is C22H22N2O3. The molecule has 1 saturated heterocycles. The Balaban J connectivity index is 1.26. The highest BCUT2D eigenvalue weighted by Crippen LogP contribution is 2.26. The Labute approximate surface area is 158 Å². The number of esters is 1. The number of hydrogen-bond acceptors (Lipinski definition) is 5. The van der Waals surface area contributed by atoms with Crippen LogP contribution >= 0.6 is 0 Å². The number of rotatable bonds is 5. The number of para-hydroxylation sites is 2. The quantitative estimate of drug-likeness (QED) is 0.634. The molecule has 1 aliphatic heterocycles. The van der Waals surface area contributed by atoms with E-state index < -0.39 is 0 Å². The Bertz CT molecular complexity index is 892. The molecule has 0 amide bonds. The molecule has 1 fully saturated rings. The van der Waals surface area contributed by atoms with Gasteiger partial charge in [0.1, 0.15) is 12.1 Å². The van der Waals surface area contributed by atoms with Crippen LogP contribution in [0.3, 0.4) is 0 Å². The SMILES string of the molecule is O=C(OC/C=C/c1ccccc1)C1CCN(c2nc3ccccc3o2)CC1. The van der Waals surface area contributed by atoms with Gasteiger partial charge in [0.05, 0.1) is 5.92 Å². The molecule has 0 spiro atoms. The third-order valence-corrected chi connectivity index (χ3v) is 4.81. The summed E-state index contributed by atoms with van der Waals surface area (Å²) in [7, 11) is 0. The van der Waals surface area contributed by atoms with Crippen molar-refractivity contribution in [1.29, 1.82) is 0 Å². The first-order chi connectivity index (χ1) is 13.3. The summed E-state index contributed by atoms with van der Waals surface area (Å²) < 4.78 is 11.2. The second-order valence-corrected chi connectivity index (χ2v) is 6.67. The molecule has 2 heterocycles. The van der Waals surface area contributed by atoms with Crippen molar-refractivity contribution in [2.75, 3.05) is 24.6 Å². The fraction of sp³-hybridized carbons (Fsp3) is 0.273. The van der Waals surface area contributed by atoms with Crippen molar-refractivity contribution in [2.45, 2.75) is 12.8 Å². The van der Waals surface area contributed by atoms with Crippen molar-refractivity contribution in [3.8, 4) is 0 Å². The molecular weight excluding hydrogens is 340 g/mol.